The second kappa shape index (κ2) is 5.63. The molecule has 116 valence electrons. The van der Waals surface area contributed by atoms with Crippen LogP contribution < -0.4 is 16.4 Å². The van der Waals surface area contributed by atoms with E-state index < -0.39 is 29.1 Å². The van der Waals surface area contributed by atoms with Crippen LogP contribution >= 0.6 is 0 Å². The predicted octanol–water partition coefficient (Wildman–Crippen LogP) is 1.74. The number of anilines is 1. The van der Waals surface area contributed by atoms with E-state index in [4.69, 9.17) is 5.73 Å². The molecule has 0 saturated carbocycles. The number of carbonyl (C=O) groups is 2. The van der Waals surface area contributed by atoms with Crippen LogP contribution in [0.1, 0.15) is 29.8 Å². The van der Waals surface area contributed by atoms with Gasteiger partial charge < -0.3 is 16.4 Å². The molecule has 8 heteroatoms. The van der Waals surface area contributed by atoms with Crippen LogP contribution in [0.2, 0.25) is 0 Å². The first-order valence-electron chi connectivity index (χ1n) is 6.01. The molecule has 0 spiro atoms. The molecule has 0 radical (unpaired) electrons. The van der Waals surface area contributed by atoms with Gasteiger partial charge in [0, 0.05) is 7.05 Å². The molecule has 0 atom stereocenters. The predicted molar refractivity (Wildman–Crippen MR) is 71.7 cm³/mol. The smallest absolute Gasteiger partial charge is 0.387 e. The molecule has 0 aliphatic rings. The first kappa shape index (κ1) is 16.8. The first-order chi connectivity index (χ1) is 9.50. The molecular formula is C13H16F3N3O2. The molecule has 0 saturated heterocycles. The van der Waals surface area contributed by atoms with Crippen LogP contribution in [0.3, 0.4) is 0 Å². The van der Waals surface area contributed by atoms with Crippen molar-refractivity contribution >= 4 is 17.5 Å². The summed E-state index contributed by atoms with van der Waals surface area (Å²) >= 11 is 0. The van der Waals surface area contributed by atoms with Crippen molar-refractivity contribution in [3.8, 4) is 0 Å². The zero-order valence-electron chi connectivity index (χ0n) is 11.8. The number of rotatable bonds is 4. The summed E-state index contributed by atoms with van der Waals surface area (Å²) in [6.07, 6.45) is -4.60. The van der Waals surface area contributed by atoms with Gasteiger partial charge in [-0.15, -0.1) is 0 Å². The lowest BCUT2D eigenvalue weighted by atomic mass is 10.0. The highest BCUT2D eigenvalue weighted by Crippen LogP contribution is 2.36. The quantitative estimate of drug-likeness (QED) is 0.792. The third-order valence-corrected chi connectivity index (χ3v) is 2.91. The van der Waals surface area contributed by atoms with E-state index in [9.17, 15) is 22.8 Å². The Morgan fingerprint density at radius 1 is 1.19 bits per heavy atom. The molecule has 0 aromatic heterocycles. The average Bonchev–Trinajstić information content (AvgIpc) is 2.35. The van der Waals surface area contributed by atoms with Gasteiger partial charge >= 0.3 is 6.18 Å². The number of nitrogens with one attached hydrogen (secondary N) is 2. The zero-order chi connectivity index (χ0) is 16.4. The van der Waals surface area contributed by atoms with Crippen molar-refractivity contribution in [2.75, 3.05) is 12.4 Å². The Labute approximate surface area is 119 Å². The Kier molecular flexibility index (Phi) is 4.50. The molecule has 4 N–H and O–H groups in total. The zero-order valence-corrected chi connectivity index (χ0v) is 11.8. The van der Waals surface area contributed by atoms with Gasteiger partial charge in [-0.05, 0) is 26.0 Å². The summed E-state index contributed by atoms with van der Waals surface area (Å²) in [6.45, 7) is 2.72. The first-order valence-corrected chi connectivity index (χ1v) is 6.01. The molecule has 0 unspecified atom stereocenters. The number of primary amides is 1. The van der Waals surface area contributed by atoms with Crippen LogP contribution in [0, 0.1) is 0 Å². The third-order valence-electron chi connectivity index (χ3n) is 2.91. The van der Waals surface area contributed by atoms with Crippen LogP contribution in [0.4, 0.5) is 18.9 Å². The van der Waals surface area contributed by atoms with E-state index in [2.05, 4.69) is 10.6 Å². The number of carbonyl (C=O) groups excluding carboxylic acids is 2. The maximum absolute atomic E-state index is 12.9. The minimum Gasteiger partial charge on any atom is -0.387 e. The fraction of sp³-hybridized carbons (Fsp3) is 0.385. The highest BCUT2D eigenvalue weighted by atomic mass is 19.4. The SMILES string of the molecule is CNc1c(C(=O)NC(C)(C)C(N)=O)cccc1C(F)(F)F. The van der Waals surface area contributed by atoms with Crippen LogP contribution in [-0.4, -0.2) is 24.4 Å². The summed E-state index contributed by atoms with van der Waals surface area (Å²) in [5.41, 5.74) is 2.20. The topological polar surface area (TPSA) is 84.2 Å². The van der Waals surface area contributed by atoms with Crippen molar-refractivity contribution in [3.63, 3.8) is 0 Å². The van der Waals surface area contributed by atoms with Crippen LogP contribution in [-0.2, 0) is 11.0 Å². The summed E-state index contributed by atoms with van der Waals surface area (Å²) in [5, 5.41) is 4.67. The third kappa shape index (κ3) is 3.65. The Bertz CT molecular complexity index is 568. The molecule has 0 bridgehead atoms. The number of nitrogens with two attached hydrogens (primary N) is 1. The summed E-state index contributed by atoms with van der Waals surface area (Å²) in [4.78, 5) is 23.3. The van der Waals surface area contributed by atoms with Gasteiger partial charge in [-0.2, -0.15) is 13.2 Å². The minimum absolute atomic E-state index is 0.221. The number of halogens is 3. The van der Waals surface area contributed by atoms with Crippen LogP contribution in [0.25, 0.3) is 0 Å². The van der Waals surface area contributed by atoms with Gasteiger partial charge in [-0.25, -0.2) is 0 Å². The Balaban J connectivity index is 3.26. The summed E-state index contributed by atoms with van der Waals surface area (Å²) in [7, 11) is 1.28. The lowest BCUT2D eigenvalue weighted by molar-refractivity contribution is -0.137. The minimum atomic E-state index is -4.60. The molecule has 0 aliphatic heterocycles. The highest BCUT2D eigenvalue weighted by Gasteiger charge is 2.36. The number of benzene rings is 1. The second-order valence-corrected chi connectivity index (χ2v) is 4.92. The standard InChI is InChI=1S/C13H16F3N3O2/c1-12(2,11(17)21)19-10(20)7-5-4-6-8(9(7)18-3)13(14,15)16/h4-6,18H,1-3H3,(H2,17,21)(H,19,20). The summed E-state index contributed by atoms with van der Waals surface area (Å²) in [5.74, 6) is -1.62. The van der Waals surface area contributed by atoms with Crippen molar-refractivity contribution in [2.24, 2.45) is 5.73 Å². The van der Waals surface area contributed by atoms with E-state index in [1.165, 1.54) is 27.0 Å². The van der Waals surface area contributed by atoms with Gasteiger partial charge in [0.15, 0.2) is 0 Å². The van der Waals surface area contributed by atoms with Gasteiger partial charge in [-0.1, -0.05) is 6.07 Å². The fourth-order valence-electron chi connectivity index (χ4n) is 1.66. The Morgan fingerprint density at radius 3 is 2.19 bits per heavy atom. The van der Waals surface area contributed by atoms with E-state index in [1.54, 1.807) is 0 Å². The van der Waals surface area contributed by atoms with Crippen molar-refractivity contribution in [1.29, 1.82) is 0 Å². The number of alkyl halides is 3. The van der Waals surface area contributed by atoms with Gasteiger partial charge in [0.1, 0.15) is 5.54 Å². The van der Waals surface area contributed by atoms with Crippen LogP contribution in [0.15, 0.2) is 18.2 Å². The number of para-hydroxylation sites is 1. The molecule has 1 rings (SSSR count). The van der Waals surface area contributed by atoms with Crippen LogP contribution in [0.5, 0.6) is 0 Å². The molecule has 1 aromatic carbocycles. The van der Waals surface area contributed by atoms with E-state index in [0.29, 0.717) is 0 Å². The van der Waals surface area contributed by atoms with Crippen molar-refractivity contribution in [2.45, 2.75) is 25.6 Å². The monoisotopic (exact) mass is 303 g/mol. The molecule has 1 aromatic rings. The summed E-state index contributed by atoms with van der Waals surface area (Å²) < 4.78 is 38.7. The molecule has 0 heterocycles. The Morgan fingerprint density at radius 2 is 1.76 bits per heavy atom. The van der Waals surface area contributed by atoms with E-state index in [0.717, 1.165) is 12.1 Å². The van der Waals surface area contributed by atoms with Crippen molar-refractivity contribution in [3.05, 3.63) is 29.3 Å². The summed E-state index contributed by atoms with van der Waals surface area (Å²) in [6, 6.07) is 3.21. The number of hydrogen-bond donors (Lipinski definition) is 3. The van der Waals surface area contributed by atoms with Gasteiger partial charge in [0.2, 0.25) is 5.91 Å². The molecule has 0 fully saturated rings. The van der Waals surface area contributed by atoms with Crippen molar-refractivity contribution in [1.82, 2.24) is 5.32 Å². The van der Waals surface area contributed by atoms with Gasteiger partial charge in [0.25, 0.3) is 5.91 Å². The largest absolute Gasteiger partial charge is 0.418 e. The van der Waals surface area contributed by atoms with E-state index in [-0.39, 0.29) is 11.3 Å². The average molecular weight is 303 g/mol. The molecular weight excluding hydrogens is 287 g/mol. The number of amides is 2. The molecule has 5 nitrogen and oxygen atoms in total. The van der Waals surface area contributed by atoms with Gasteiger partial charge in [-0.3, -0.25) is 9.59 Å². The van der Waals surface area contributed by atoms with E-state index in [1.807, 2.05) is 0 Å². The second-order valence-electron chi connectivity index (χ2n) is 4.92. The molecule has 21 heavy (non-hydrogen) atoms. The lowest BCUT2D eigenvalue weighted by Crippen LogP contribution is -2.53. The maximum Gasteiger partial charge on any atom is 0.418 e. The maximum atomic E-state index is 12.9. The lowest BCUT2D eigenvalue weighted by Gasteiger charge is -2.23. The molecule has 0 aliphatic carbocycles. The normalized spacial score (nSPS) is 11.9. The molecule has 2 amide bonds. The fourth-order valence-corrected chi connectivity index (χ4v) is 1.66. The van der Waals surface area contributed by atoms with E-state index >= 15 is 0 Å². The Hall–Kier alpha value is -2.25. The van der Waals surface area contributed by atoms with Gasteiger partial charge in [0.05, 0.1) is 16.8 Å². The van der Waals surface area contributed by atoms with Crippen molar-refractivity contribution < 1.29 is 22.8 Å². The number of hydrogen-bond acceptors (Lipinski definition) is 3. The highest BCUT2D eigenvalue weighted by molar-refractivity contribution is 6.03.